The second-order valence-electron chi connectivity index (χ2n) is 7.73. The zero-order chi connectivity index (χ0) is 21.3. The molecule has 164 valence electrons. The number of nitrogens with zero attached hydrogens (tertiary/aromatic N) is 5. The number of hydrogen-bond acceptors (Lipinski definition) is 10. The van der Waals surface area contributed by atoms with Gasteiger partial charge in [-0.1, -0.05) is 23.9 Å². The molecular formula is C18H27N7O4S. The van der Waals surface area contributed by atoms with Crippen LogP contribution < -0.4 is 10.6 Å². The van der Waals surface area contributed by atoms with Crippen molar-refractivity contribution >= 4 is 34.7 Å². The van der Waals surface area contributed by atoms with Crippen molar-refractivity contribution in [2.45, 2.75) is 62.1 Å². The van der Waals surface area contributed by atoms with E-state index in [0.29, 0.717) is 28.2 Å². The maximum Gasteiger partial charge on any atom is 0.225 e. The Morgan fingerprint density at radius 2 is 2.07 bits per heavy atom. The Morgan fingerprint density at radius 1 is 1.27 bits per heavy atom. The first kappa shape index (κ1) is 21.2. The SMILES string of the molecule is CCCSc1nc(NC2CC2)c2nnn([C@@H]3C[C@H](C(=O)NCCO)[C@@H](O)[C@H]3O)c2n1. The Morgan fingerprint density at radius 3 is 2.77 bits per heavy atom. The third-order valence-corrected chi connectivity index (χ3v) is 6.42. The smallest absolute Gasteiger partial charge is 0.225 e. The highest BCUT2D eigenvalue weighted by atomic mass is 32.2. The van der Waals surface area contributed by atoms with Crippen molar-refractivity contribution in [3.63, 3.8) is 0 Å². The molecule has 2 saturated carbocycles. The number of anilines is 1. The van der Waals surface area contributed by atoms with E-state index in [2.05, 4.69) is 37.8 Å². The number of rotatable bonds is 9. The molecule has 30 heavy (non-hydrogen) atoms. The molecule has 2 aliphatic rings. The van der Waals surface area contributed by atoms with Gasteiger partial charge in [0.15, 0.2) is 22.1 Å². The van der Waals surface area contributed by atoms with Gasteiger partial charge in [0.1, 0.15) is 6.10 Å². The van der Waals surface area contributed by atoms with Crippen LogP contribution in [0.2, 0.25) is 0 Å². The Bertz CT molecular complexity index is 906. The monoisotopic (exact) mass is 437 g/mol. The minimum absolute atomic E-state index is 0.0938. The van der Waals surface area contributed by atoms with Gasteiger partial charge < -0.3 is 26.0 Å². The summed E-state index contributed by atoms with van der Waals surface area (Å²) >= 11 is 1.54. The average Bonchev–Trinajstić information content (AvgIpc) is 3.38. The average molecular weight is 438 g/mol. The number of thioether (sulfide) groups is 1. The maximum atomic E-state index is 12.3. The second-order valence-corrected chi connectivity index (χ2v) is 8.80. The van der Waals surface area contributed by atoms with Crippen LogP contribution in [0.5, 0.6) is 0 Å². The summed E-state index contributed by atoms with van der Waals surface area (Å²) in [7, 11) is 0. The number of amides is 1. The van der Waals surface area contributed by atoms with Crippen molar-refractivity contribution < 1.29 is 20.1 Å². The van der Waals surface area contributed by atoms with E-state index in [-0.39, 0.29) is 19.6 Å². The third-order valence-electron chi connectivity index (χ3n) is 5.37. The number of nitrogens with one attached hydrogen (secondary N) is 2. The lowest BCUT2D eigenvalue weighted by molar-refractivity contribution is -0.129. The lowest BCUT2D eigenvalue weighted by atomic mass is 10.0. The Balaban J connectivity index is 1.65. The summed E-state index contributed by atoms with van der Waals surface area (Å²) in [5, 5.41) is 44.9. The van der Waals surface area contributed by atoms with Gasteiger partial charge in [0, 0.05) is 18.3 Å². The van der Waals surface area contributed by atoms with Crippen LogP contribution in [0.15, 0.2) is 5.16 Å². The van der Waals surface area contributed by atoms with Crippen LogP contribution in [0.3, 0.4) is 0 Å². The molecule has 2 aliphatic carbocycles. The van der Waals surface area contributed by atoms with Gasteiger partial charge in [-0.05, 0) is 25.7 Å². The number of hydrogen-bond donors (Lipinski definition) is 5. The topological polar surface area (TPSA) is 158 Å². The summed E-state index contributed by atoms with van der Waals surface area (Å²) in [6, 6.07) is -0.279. The molecule has 5 N–H and O–H groups in total. The van der Waals surface area contributed by atoms with Crippen molar-refractivity contribution in [1.29, 1.82) is 0 Å². The standard InChI is InChI=1S/C18H27N7O4S/c1-2-7-30-18-21-15(20-9-3-4-9)12-16(22-18)25(24-23-12)11-8-10(13(27)14(11)28)17(29)19-5-6-26/h9-11,13-14,26-28H,2-8H2,1H3,(H,19,29)(H,20,21,22)/t10-,11+,13+,14-/m0/s1. The van der Waals surface area contributed by atoms with Crippen LogP contribution in [0.1, 0.15) is 38.6 Å². The molecule has 2 fully saturated rings. The first-order valence-electron chi connectivity index (χ1n) is 10.3. The highest BCUT2D eigenvalue weighted by Gasteiger charge is 2.47. The highest BCUT2D eigenvalue weighted by Crippen LogP contribution is 2.37. The van der Waals surface area contributed by atoms with Gasteiger partial charge in [-0.2, -0.15) is 0 Å². The number of aromatic nitrogens is 5. The third kappa shape index (κ3) is 4.22. The van der Waals surface area contributed by atoms with Crippen molar-refractivity contribution in [3.8, 4) is 0 Å². The van der Waals surface area contributed by atoms with Crippen LogP contribution >= 0.6 is 11.8 Å². The summed E-state index contributed by atoms with van der Waals surface area (Å²) in [6.07, 6.45) is 0.886. The minimum Gasteiger partial charge on any atom is -0.395 e. The molecule has 4 atom stereocenters. The van der Waals surface area contributed by atoms with Gasteiger partial charge in [-0.3, -0.25) is 4.79 Å². The van der Waals surface area contributed by atoms with Crippen molar-refractivity contribution in [2.24, 2.45) is 5.92 Å². The molecule has 11 nitrogen and oxygen atoms in total. The van der Waals surface area contributed by atoms with Gasteiger partial charge in [-0.15, -0.1) is 5.10 Å². The number of carbonyl (C=O) groups is 1. The fourth-order valence-corrected chi connectivity index (χ4v) is 4.33. The normalized spacial score (nSPS) is 26.3. The summed E-state index contributed by atoms with van der Waals surface area (Å²) in [6.45, 7) is 1.98. The molecule has 0 bridgehead atoms. The summed E-state index contributed by atoms with van der Waals surface area (Å²) < 4.78 is 1.50. The van der Waals surface area contributed by atoms with E-state index in [4.69, 9.17) is 5.11 Å². The highest BCUT2D eigenvalue weighted by molar-refractivity contribution is 7.99. The summed E-state index contributed by atoms with van der Waals surface area (Å²) in [4.78, 5) is 21.5. The van der Waals surface area contributed by atoms with Crippen molar-refractivity contribution in [1.82, 2.24) is 30.3 Å². The van der Waals surface area contributed by atoms with Crippen LogP contribution in [-0.2, 0) is 4.79 Å². The van der Waals surface area contributed by atoms with E-state index in [0.717, 1.165) is 25.0 Å². The molecule has 12 heteroatoms. The Kier molecular flexibility index (Phi) is 6.37. The van der Waals surface area contributed by atoms with E-state index >= 15 is 0 Å². The van der Waals surface area contributed by atoms with Crippen LogP contribution in [0, 0.1) is 5.92 Å². The van der Waals surface area contributed by atoms with Gasteiger partial charge >= 0.3 is 0 Å². The molecule has 2 aromatic heterocycles. The lowest BCUT2D eigenvalue weighted by Gasteiger charge is -2.17. The van der Waals surface area contributed by atoms with Crippen molar-refractivity contribution in [2.75, 3.05) is 24.2 Å². The lowest BCUT2D eigenvalue weighted by Crippen LogP contribution is -2.39. The van der Waals surface area contributed by atoms with Crippen LogP contribution in [0.25, 0.3) is 11.2 Å². The molecule has 1 amide bonds. The predicted molar refractivity (Wildman–Crippen MR) is 110 cm³/mol. The zero-order valence-corrected chi connectivity index (χ0v) is 17.5. The van der Waals surface area contributed by atoms with E-state index < -0.39 is 30.1 Å². The fraction of sp³-hybridized carbons (Fsp3) is 0.722. The maximum absolute atomic E-state index is 12.3. The Hall–Kier alpha value is -2.02. The van der Waals surface area contributed by atoms with Crippen molar-refractivity contribution in [3.05, 3.63) is 0 Å². The minimum atomic E-state index is -1.24. The molecule has 0 aromatic carbocycles. The largest absolute Gasteiger partial charge is 0.395 e. The molecular weight excluding hydrogens is 410 g/mol. The quantitative estimate of drug-likeness (QED) is 0.260. The van der Waals surface area contributed by atoms with Crippen LogP contribution in [-0.4, -0.2) is 83.3 Å². The van der Waals surface area contributed by atoms with Gasteiger partial charge in [-0.25, -0.2) is 14.6 Å². The van der Waals surface area contributed by atoms with Crippen LogP contribution in [0.4, 0.5) is 5.82 Å². The fourth-order valence-electron chi connectivity index (χ4n) is 3.63. The summed E-state index contributed by atoms with van der Waals surface area (Å²) in [5.41, 5.74) is 0.983. The first-order valence-corrected chi connectivity index (χ1v) is 11.3. The molecule has 2 aromatic rings. The molecule has 2 heterocycles. The molecule has 0 saturated heterocycles. The van der Waals surface area contributed by atoms with Gasteiger partial charge in [0.05, 0.1) is 24.7 Å². The zero-order valence-electron chi connectivity index (χ0n) is 16.7. The number of aliphatic hydroxyl groups excluding tert-OH is 3. The predicted octanol–water partition coefficient (Wildman–Crippen LogP) is -0.311. The summed E-state index contributed by atoms with van der Waals surface area (Å²) in [5.74, 6) is 0.272. The number of aliphatic hydroxyl groups is 3. The number of carbonyl (C=O) groups excluding carboxylic acids is 1. The molecule has 0 unspecified atom stereocenters. The number of fused-ring (bicyclic) bond motifs is 1. The second kappa shape index (κ2) is 9.00. The molecule has 0 aliphatic heterocycles. The van der Waals surface area contributed by atoms with Gasteiger partial charge in [0.2, 0.25) is 5.91 Å². The van der Waals surface area contributed by atoms with E-state index in [1.807, 2.05) is 0 Å². The van der Waals surface area contributed by atoms with E-state index in [1.54, 1.807) is 0 Å². The van der Waals surface area contributed by atoms with E-state index in [9.17, 15) is 15.0 Å². The Labute approximate surface area is 177 Å². The first-order chi connectivity index (χ1) is 14.5. The molecule has 4 rings (SSSR count). The van der Waals surface area contributed by atoms with E-state index in [1.165, 1.54) is 16.4 Å². The molecule has 0 radical (unpaired) electrons. The molecule has 0 spiro atoms. The van der Waals surface area contributed by atoms with Gasteiger partial charge in [0.25, 0.3) is 0 Å².